The van der Waals surface area contributed by atoms with Gasteiger partial charge in [0.2, 0.25) is 0 Å². The molecule has 0 amide bonds. The molecule has 0 saturated heterocycles. The Morgan fingerprint density at radius 1 is 1.15 bits per heavy atom. The SMILES string of the molecule is NC(N)=NCc1ccc2cc(OCCSF)ccc2c1. The van der Waals surface area contributed by atoms with Gasteiger partial charge in [-0.2, -0.15) is 3.89 Å². The zero-order valence-electron chi connectivity index (χ0n) is 10.9. The van der Waals surface area contributed by atoms with Crippen LogP contribution in [0.5, 0.6) is 5.75 Å². The summed E-state index contributed by atoms with van der Waals surface area (Å²) in [5, 5.41) is 2.14. The molecule has 0 spiro atoms. The Hall–Kier alpha value is -1.95. The third kappa shape index (κ3) is 4.03. The summed E-state index contributed by atoms with van der Waals surface area (Å²) in [6, 6.07) is 11.8. The predicted molar refractivity (Wildman–Crippen MR) is 82.5 cm³/mol. The van der Waals surface area contributed by atoms with Gasteiger partial charge in [-0.25, -0.2) is 4.99 Å². The summed E-state index contributed by atoms with van der Waals surface area (Å²) in [6.45, 7) is 0.819. The summed E-state index contributed by atoms with van der Waals surface area (Å²) in [6.07, 6.45) is 0. The molecule has 2 rings (SSSR count). The molecule has 0 unspecified atom stereocenters. The van der Waals surface area contributed by atoms with Gasteiger partial charge in [-0.3, -0.25) is 0 Å². The van der Waals surface area contributed by atoms with Crippen molar-refractivity contribution in [3.63, 3.8) is 0 Å². The highest BCUT2D eigenvalue weighted by Crippen LogP contribution is 2.22. The summed E-state index contributed by atoms with van der Waals surface area (Å²) >= 11 is 0.276. The van der Waals surface area contributed by atoms with Crippen molar-refractivity contribution in [2.75, 3.05) is 12.4 Å². The van der Waals surface area contributed by atoms with E-state index in [2.05, 4.69) is 4.99 Å². The lowest BCUT2D eigenvalue weighted by molar-refractivity contribution is 0.344. The van der Waals surface area contributed by atoms with Crippen molar-refractivity contribution < 1.29 is 8.62 Å². The molecule has 106 valence electrons. The Morgan fingerprint density at radius 3 is 2.65 bits per heavy atom. The Kier molecular flexibility index (Phi) is 5.06. The van der Waals surface area contributed by atoms with Crippen LogP contribution >= 0.6 is 12.1 Å². The first-order valence-electron chi connectivity index (χ1n) is 6.13. The minimum absolute atomic E-state index is 0.0829. The maximum absolute atomic E-state index is 11.9. The molecule has 2 aromatic rings. The van der Waals surface area contributed by atoms with Crippen molar-refractivity contribution in [1.82, 2.24) is 0 Å². The number of ether oxygens (including phenoxy) is 1. The zero-order chi connectivity index (χ0) is 14.4. The first-order chi connectivity index (χ1) is 9.69. The van der Waals surface area contributed by atoms with Crippen LogP contribution in [0.2, 0.25) is 0 Å². The van der Waals surface area contributed by atoms with Crippen LogP contribution in [-0.4, -0.2) is 18.3 Å². The summed E-state index contributed by atoms with van der Waals surface area (Å²) in [4.78, 5) is 3.98. The summed E-state index contributed by atoms with van der Waals surface area (Å²) in [5.41, 5.74) is 11.7. The van der Waals surface area contributed by atoms with E-state index >= 15 is 0 Å². The second kappa shape index (κ2) is 7.00. The van der Waals surface area contributed by atoms with Gasteiger partial charge >= 0.3 is 0 Å². The minimum Gasteiger partial charge on any atom is -0.493 e. The van der Waals surface area contributed by atoms with Gasteiger partial charge in [-0.05, 0) is 34.5 Å². The van der Waals surface area contributed by atoms with Crippen molar-refractivity contribution in [3.8, 4) is 5.75 Å². The molecule has 4 N–H and O–H groups in total. The van der Waals surface area contributed by atoms with Crippen molar-refractivity contribution in [3.05, 3.63) is 42.0 Å². The van der Waals surface area contributed by atoms with Crippen molar-refractivity contribution >= 4 is 28.9 Å². The van der Waals surface area contributed by atoms with Crippen LogP contribution in [0.4, 0.5) is 3.89 Å². The number of hydrogen-bond acceptors (Lipinski definition) is 3. The normalized spacial score (nSPS) is 10.4. The van der Waals surface area contributed by atoms with E-state index in [-0.39, 0.29) is 18.1 Å². The number of nitrogens with two attached hydrogens (primary N) is 2. The standard InChI is InChI=1S/C14H16FN3OS/c15-20-6-5-19-13-4-3-11-7-10(9-18-14(16)17)1-2-12(11)8-13/h1-4,7-8H,5-6,9H2,(H4,16,17,18). The second-order valence-electron chi connectivity index (χ2n) is 4.25. The third-order valence-electron chi connectivity index (χ3n) is 2.75. The molecular weight excluding hydrogens is 277 g/mol. The fourth-order valence-electron chi connectivity index (χ4n) is 1.84. The highest BCUT2D eigenvalue weighted by molar-refractivity contribution is 7.94. The molecular formula is C14H16FN3OS. The first-order valence-corrected chi connectivity index (χ1v) is 7.02. The number of guanidine groups is 1. The van der Waals surface area contributed by atoms with Crippen LogP contribution in [0.25, 0.3) is 10.8 Å². The van der Waals surface area contributed by atoms with Crippen molar-refractivity contribution in [1.29, 1.82) is 0 Å². The molecule has 0 radical (unpaired) electrons. The Balaban J connectivity index is 2.14. The van der Waals surface area contributed by atoms with Gasteiger partial charge in [0.1, 0.15) is 5.75 Å². The van der Waals surface area contributed by atoms with Gasteiger partial charge in [-0.1, -0.05) is 18.2 Å². The lowest BCUT2D eigenvalue weighted by Gasteiger charge is -2.07. The molecule has 0 bridgehead atoms. The van der Waals surface area contributed by atoms with Crippen molar-refractivity contribution in [2.24, 2.45) is 16.5 Å². The third-order valence-corrected chi connectivity index (χ3v) is 3.07. The van der Waals surface area contributed by atoms with Gasteiger partial charge in [-0.15, -0.1) is 0 Å². The monoisotopic (exact) mass is 293 g/mol. The average molecular weight is 293 g/mol. The molecule has 6 heteroatoms. The van der Waals surface area contributed by atoms with Crippen molar-refractivity contribution in [2.45, 2.75) is 6.54 Å². The van der Waals surface area contributed by atoms with Crippen LogP contribution in [0.3, 0.4) is 0 Å². The fourth-order valence-corrected chi connectivity index (χ4v) is 1.98. The molecule has 20 heavy (non-hydrogen) atoms. The molecule has 4 nitrogen and oxygen atoms in total. The molecule has 0 fully saturated rings. The lowest BCUT2D eigenvalue weighted by atomic mass is 10.1. The Labute approximate surface area is 121 Å². The molecule has 2 aromatic carbocycles. The van der Waals surface area contributed by atoms with Crippen LogP contribution in [0, 0.1) is 0 Å². The number of benzene rings is 2. The number of halogens is 1. The molecule has 0 aromatic heterocycles. The van der Waals surface area contributed by atoms with E-state index in [9.17, 15) is 3.89 Å². The van der Waals surface area contributed by atoms with E-state index in [0.29, 0.717) is 18.9 Å². The van der Waals surface area contributed by atoms with E-state index in [1.54, 1.807) is 0 Å². The quantitative estimate of drug-likeness (QED) is 0.488. The molecule has 0 aliphatic carbocycles. The molecule has 0 saturated carbocycles. The van der Waals surface area contributed by atoms with Gasteiger partial charge < -0.3 is 16.2 Å². The van der Waals surface area contributed by atoms with Crippen LogP contribution in [-0.2, 0) is 6.54 Å². The van der Waals surface area contributed by atoms with Crippen LogP contribution in [0.1, 0.15) is 5.56 Å². The summed E-state index contributed by atoms with van der Waals surface area (Å²) in [5.74, 6) is 1.15. The Morgan fingerprint density at radius 2 is 1.90 bits per heavy atom. The maximum atomic E-state index is 11.9. The highest BCUT2D eigenvalue weighted by Gasteiger charge is 2.00. The summed E-state index contributed by atoms with van der Waals surface area (Å²) < 4.78 is 17.4. The lowest BCUT2D eigenvalue weighted by Crippen LogP contribution is -2.22. The van der Waals surface area contributed by atoms with Gasteiger partial charge in [0.05, 0.1) is 18.9 Å². The molecule has 0 atom stereocenters. The zero-order valence-corrected chi connectivity index (χ0v) is 11.7. The maximum Gasteiger partial charge on any atom is 0.186 e. The average Bonchev–Trinajstić information content (AvgIpc) is 2.45. The number of nitrogens with zero attached hydrogens (tertiary/aromatic N) is 1. The summed E-state index contributed by atoms with van der Waals surface area (Å²) in [7, 11) is 0. The largest absolute Gasteiger partial charge is 0.493 e. The van der Waals surface area contributed by atoms with Crippen LogP contribution in [0.15, 0.2) is 41.4 Å². The van der Waals surface area contributed by atoms with Gasteiger partial charge in [0, 0.05) is 12.1 Å². The van der Waals surface area contributed by atoms with E-state index in [1.165, 1.54) is 0 Å². The van der Waals surface area contributed by atoms with E-state index in [0.717, 1.165) is 22.1 Å². The molecule has 0 aliphatic heterocycles. The van der Waals surface area contributed by atoms with Gasteiger partial charge in [0.15, 0.2) is 5.96 Å². The van der Waals surface area contributed by atoms with E-state index in [1.807, 2.05) is 36.4 Å². The Bertz CT molecular complexity index is 614. The van der Waals surface area contributed by atoms with E-state index < -0.39 is 0 Å². The smallest absolute Gasteiger partial charge is 0.186 e. The number of rotatable bonds is 6. The van der Waals surface area contributed by atoms with Crippen LogP contribution < -0.4 is 16.2 Å². The topological polar surface area (TPSA) is 73.6 Å². The molecule has 0 aliphatic rings. The van der Waals surface area contributed by atoms with Gasteiger partial charge in [0.25, 0.3) is 0 Å². The minimum atomic E-state index is 0.0829. The second-order valence-corrected chi connectivity index (χ2v) is 4.87. The number of hydrogen-bond donors (Lipinski definition) is 2. The van der Waals surface area contributed by atoms with E-state index in [4.69, 9.17) is 16.2 Å². The molecule has 0 heterocycles. The fraction of sp³-hybridized carbons (Fsp3) is 0.214. The number of fused-ring (bicyclic) bond motifs is 1. The predicted octanol–water partition coefficient (Wildman–Crippen LogP) is 2.61. The number of aliphatic imine (C=N–C) groups is 1. The first kappa shape index (κ1) is 14.5. The highest BCUT2D eigenvalue weighted by atomic mass is 32.2.